The van der Waals surface area contributed by atoms with Gasteiger partial charge in [-0.2, -0.15) is 9.97 Å². The summed E-state index contributed by atoms with van der Waals surface area (Å²) in [5.41, 5.74) is 5.58. The first-order chi connectivity index (χ1) is 11.0. The highest BCUT2D eigenvalue weighted by atomic mass is 19.2. The molecule has 9 heteroatoms. The Morgan fingerprint density at radius 2 is 1.87 bits per heavy atom. The Balaban J connectivity index is 2.22. The van der Waals surface area contributed by atoms with Crippen molar-refractivity contribution >= 4 is 17.1 Å². The van der Waals surface area contributed by atoms with Gasteiger partial charge in [0.25, 0.3) is 0 Å². The van der Waals surface area contributed by atoms with Crippen LogP contribution < -0.4 is 10.5 Å². The molecule has 0 spiro atoms. The quantitative estimate of drug-likeness (QED) is 0.746. The third-order valence-electron chi connectivity index (χ3n) is 2.98. The van der Waals surface area contributed by atoms with Crippen LogP contribution >= 0.6 is 0 Å². The third kappa shape index (κ3) is 2.60. The summed E-state index contributed by atoms with van der Waals surface area (Å²) in [6.07, 6.45) is 1.18. The largest absolute Gasteiger partial charge is 0.476 e. The van der Waals surface area contributed by atoms with E-state index >= 15 is 0 Å². The maximum absolute atomic E-state index is 13.9. The number of ether oxygens (including phenoxy) is 1. The Hall–Kier alpha value is -2.97. The summed E-state index contributed by atoms with van der Waals surface area (Å²) < 4.78 is 45.6. The van der Waals surface area contributed by atoms with Gasteiger partial charge in [0.1, 0.15) is 0 Å². The van der Waals surface area contributed by atoms with Crippen molar-refractivity contribution in [3.8, 4) is 17.1 Å². The first-order valence-corrected chi connectivity index (χ1v) is 6.58. The zero-order valence-electron chi connectivity index (χ0n) is 11.8. The van der Waals surface area contributed by atoms with E-state index in [1.54, 1.807) is 6.92 Å². The number of nitrogen functional groups attached to an aromatic ring is 1. The number of benzene rings is 1. The van der Waals surface area contributed by atoms with E-state index in [9.17, 15) is 13.2 Å². The second kappa shape index (κ2) is 5.67. The number of nitrogens with zero attached hydrogens (tertiary/aromatic N) is 4. The molecule has 0 unspecified atom stereocenters. The SMILES string of the molecule is CCOc1nc(N)nc2ncc(-c3ccc(F)c(F)c3F)nc12. The topological polar surface area (TPSA) is 86.8 Å². The van der Waals surface area contributed by atoms with E-state index in [4.69, 9.17) is 10.5 Å². The van der Waals surface area contributed by atoms with Crippen LogP contribution in [0.5, 0.6) is 5.88 Å². The van der Waals surface area contributed by atoms with Gasteiger partial charge in [0.15, 0.2) is 28.6 Å². The van der Waals surface area contributed by atoms with E-state index in [1.807, 2.05) is 0 Å². The van der Waals surface area contributed by atoms with Crippen LogP contribution in [0.25, 0.3) is 22.4 Å². The molecule has 0 atom stereocenters. The average Bonchev–Trinajstić information content (AvgIpc) is 2.53. The minimum Gasteiger partial charge on any atom is -0.476 e. The molecule has 1 aromatic carbocycles. The van der Waals surface area contributed by atoms with Crippen LogP contribution in [0.2, 0.25) is 0 Å². The zero-order chi connectivity index (χ0) is 16.6. The molecule has 3 rings (SSSR count). The highest BCUT2D eigenvalue weighted by molar-refractivity contribution is 5.79. The van der Waals surface area contributed by atoms with Gasteiger partial charge in [-0.25, -0.2) is 23.1 Å². The van der Waals surface area contributed by atoms with E-state index in [0.29, 0.717) is 0 Å². The molecule has 0 bridgehead atoms. The summed E-state index contributed by atoms with van der Waals surface area (Å²) in [5, 5.41) is 0. The molecular formula is C14H10F3N5O. The van der Waals surface area contributed by atoms with Gasteiger partial charge < -0.3 is 10.5 Å². The van der Waals surface area contributed by atoms with Crippen LogP contribution in [0.1, 0.15) is 6.92 Å². The van der Waals surface area contributed by atoms with Crippen LogP contribution in [-0.4, -0.2) is 26.5 Å². The van der Waals surface area contributed by atoms with Gasteiger partial charge in [0.2, 0.25) is 11.8 Å². The van der Waals surface area contributed by atoms with Gasteiger partial charge in [-0.05, 0) is 19.1 Å². The first-order valence-electron chi connectivity index (χ1n) is 6.58. The van der Waals surface area contributed by atoms with E-state index in [2.05, 4.69) is 19.9 Å². The zero-order valence-corrected chi connectivity index (χ0v) is 11.8. The van der Waals surface area contributed by atoms with Crippen molar-refractivity contribution in [2.24, 2.45) is 0 Å². The second-order valence-electron chi connectivity index (χ2n) is 4.47. The van der Waals surface area contributed by atoms with Crippen molar-refractivity contribution in [3.63, 3.8) is 0 Å². The molecule has 2 aromatic heterocycles. The Bertz CT molecular complexity index is 903. The monoisotopic (exact) mass is 321 g/mol. The van der Waals surface area contributed by atoms with Crippen LogP contribution in [0.4, 0.5) is 19.1 Å². The van der Waals surface area contributed by atoms with Crippen molar-refractivity contribution in [2.45, 2.75) is 6.92 Å². The fourth-order valence-electron chi connectivity index (χ4n) is 1.99. The number of halogens is 3. The van der Waals surface area contributed by atoms with Gasteiger partial charge in [-0.1, -0.05) is 0 Å². The average molecular weight is 321 g/mol. The molecular weight excluding hydrogens is 311 g/mol. The lowest BCUT2D eigenvalue weighted by Gasteiger charge is -2.08. The van der Waals surface area contributed by atoms with Crippen molar-refractivity contribution < 1.29 is 17.9 Å². The Labute approximate surface area is 128 Å². The Morgan fingerprint density at radius 3 is 2.61 bits per heavy atom. The molecule has 0 fully saturated rings. The molecule has 0 radical (unpaired) electrons. The van der Waals surface area contributed by atoms with Crippen LogP contribution in [0.15, 0.2) is 18.3 Å². The van der Waals surface area contributed by atoms with Crippen LogP contribution in [0.3, 0.4) is 0 Å². The number of anilines is 1. The van der Waals surface area contributed by atoms with Crippen molar-refractivity contribution in [1.82, 2.24) is 19.9 Å². The first kappa shape index (κ1) is 14.9. The van der Waals surface area contributed by atoms with Gasteiger partial charge in [0.05, 0.1) is 18.5 Å². The van der Waals surface area contributed by atoms with Gasteiger partial charge in [-0.3, -0.25) is 0 Å². The van der Waals surface area contributed by atoms with E-state index in [1.165, 1.54) is 6.20 Å². The molecule has 0 aliphatic carbocycles. The summed E-state index contributed by atoms with van der Waals surface area (Å²) in [4.78, 5) is 15.9. The lowest BCUT2D eigenvalue weighted by molar-refractivity contribution is 0.330. The summed E-state index contributed by atoms with van der Waals surface area (Å²) in [6, 6.07) is 1.88. The highest BCUT2D eigenvalue weighted by Gasteiger charge is 2.18. The number of fused-ring (bicyclic) bond motifs is 1. The Morgan fingerprint density at radius 1 is 1.09 bits per heavy atom. The molecule has 2 heterocycles. The maximum Gasteiger partial charge on any atom is 0.247 e. The van der Waals surface area contributed by atoms with Crippen LogP contribution in [-0.2, 0) is 0 Å². The Kier molecular flexibility index (Phi) is 3.68. The van der Waals surface area contributed by atoms with Crippen molar-refractivity contribution in [2.75, 3.05) is 12.3 Å². The van der Waals surface area contributed by atoms with Gasteiger partial charge in [-0.15, -0.1) is 0 Å². The number of aromatic nitrogens is 4. The summed E-state index contributed by atoms with van der Waals surface area (Å²) in [6.45, 7) is 2.02. The molecule has 6 nitrogen and oxygen atoms in total. The predicted octanol–water partition coefficient (Wildman–Crippen LogP) is 2.49. The molecule has 3 aromatic rings. The molecule has 118 valence electrons. The van der Waals surface area contributed by atoms with Gasteiger partial charge >= 0.3 is 0 Å². The molecule has 0 aliphatic rings. The van der Waals surface area contributed by atoms with E-state index in [-0.39, 0.29) is 40.9 Å². The number of rotatable bonds is 3. The smallest absolute Gasteiger partial charge is 0.247 e. The van der Waals surface area contributed by atoms with Crippen molar-refractivity contribution in [1.29, 1.82) is 0 Å². The minimum absolute atomic E-state index is 0.0109. The fraction of sp³-hybridized carbons (Fsp3) is 0.143. The normalized spacial score (nSPS) is 11.0. The van der Waals surface area contributed by atoms with Crippen LogP contribution in [0, 0.1) is 17.5 Å². The molecule has 0 saturated heterocycles. The molecule has 2 N–H and O–H groups in total. The highest BCUT2D eigenvalue weighted by Crippen LogP contribution is 2.27. The summed E-state index contributed by atoms with van der Waals surface area (Å²) in [7, 11) is 0. The molecule has 23 heavy (non-hydrogen) atoms. The summed E-state index contributed by atoms with van der Waals surface area (Å²) in [5.74, 6) is -4.20. The molecule has 0 aliphatic heterocycles. The standard InChI is InChI=1S/C14H10F3N5O/c1-2-23-13-11-12(21-14(18)22-13)19-5-8(20-11)6-3-4-7(15)10(17)9(6)16/h3-5H,2H2,1H3,(H2,18,19,21,22). The lowest BCUT2D eigenvalue weighted by atomic mass is 10.1. The lowest BCUT2D eigenvalue weighted by Crippen LogP contribution is -2.04. The molecule has 0 amide bonds. The summed E-state index contributed by atoms with van der Waals surface area (Å²) >= 11 is 0. The van der Waals surface area contributed by atoms with E-state index < -0.39 is 17.5 Å². The number of nitrogens with two attached hydrogens (primary N) is 1. The van der Waals surface area contributed by atoms with Gasteiger partial charge in [0, 0.05) is 5.56 Å². The maximum atomic E-state index is 13.9. The predicted molar refractivity (Wildman–Crippen MR) is 76.0 cm³/mol. The van der Waals surface area contributed by atoms with E-state index in [0.717, 1.165) is 12.1 Å². The third-order valence-corrected chi connectivity index (χ3v) is 2.98. The molecule has 0 saturated carbocycles. The second-order valence-corrected chi connectivity index (χ2v) is 4.47. The minimum atomic E-state index is -1.58. The number of hydrogen-bond acceptors (Lipinski definition) is 6. The van der Waals surface area contributed by atoms with Crippen molar-refractivity contribution in [3.05, 3.63) is 35.8 Å². The fourth-order valence-corrected chi connectivity index (χ4v) is 1.99. The number of hydrogen-bond donors (Lipinski definition) is 1.